The fourth-order valence-electron chi connectivity index (χ4n) is 2.28. The lowest BCUT2D eigenvalue weighted by Crippen LogP contribution is -2.14. The molecule has 6 nitrogen and oxygen atoms in total. The smallest absolute Gasteiger partial charge is 0.255 e. The van der Waals surface area contributed by atoms with Crippen LogP contribution < -0.4 is 20.1 Å². The average molecular weight is 342 g/mol. The van der Waals surface area contributed by atoms with Crippen LogP contribution in [0.15, 0.2) is 42.5 Å². The number of ether oxygens (including phenoxy) is 2. The van der Waals surface area contributed by atoms with Crippen LogP contribution in [-0.2, 0) is 4.79 Å². The first-order chi connectivity index (χ1) is 12.0. The first kappa shape index (κ1) is 18.3. The highest BCUT2D eigenvalue weighted by atomic mass is 16.5. The monoisotopic (exact) mass is 342 g/mol. The fourth-order valence-corrected chi connectivity index (χ4v) is 2.28. The van der Waals surface area contributed by atoms with Gasteiger partial charge in [-0.3, -0.25) is 9.59 Å². The van der Waals surface area contributed by atoms with Crippen molar-refractivity contribution in [3.8, 4) is 11.5 Å². The highest BCUT2D eigenvalue weighted by molar-refractivity contribution is 6.06. The van der Waals surface area contributed by atoms with Crippen LogP contribution in [0.3, 0.4) is 0 Å². The molecule has 2 N–H and O–H groups in total. The van der Waals surface area contributed by atoms with Crippen LogP contribution in [-0.4, -0.2) is 25.0 Å². The van der Waals surface area contributed by atoms with E-state index in [1.54, 1.807) is 42.5 Å². The van der Waals surface area contributed by atoms with Gasteiger partial charge in [0.2, 0.25) is 5.91 Å². The quantitative estimate of drug-likeness (QED) is 0.804. The Balaban J connectivity index is 2.24. The van der Waals surface area contributed by atoms with E-state index in [1.165, 1.54) is 6.92 Å². The van der Waals surface area contributed by atoms with Crippen LogP contribution in [0.2, 0.25) is 0 Å². The first-order valence-electron chi connectivity index (χ1n) is 8.12. The molecule has 0 atom stereocenters. The van der Waals surface area contributed by atoms with Gasteiger partial charge in [-0.1, -0.05) is 6.07 Å². The minimum Gasteiger partial charge on any atom is -0.494 e. The van der Waals surface area contributed by atoms with Gasteiger partial charge in [0.25, 0.3) is 5.91 Å². The Bertz CT molecular complexity index is 759. The molecule has 0 heterocycles. The van der Waals surface area contributed by atoms with E-state index in [2.05, 4.69) is 10.6 Å². The predicted molar refractivity (Wildman–Crippen MR) is 97.5 cm³/mol. The lowest BCUT2D eigenvalue weighted by molar-refractivity contribution is -0.114. The zero-order valence-corrected chi connectivity index (χ0v) is 14.6. The second-order valence-electron chi connectivity index (χ2n) is 5.24. The number of rotatable bonds is 7. The predicted octanol–water partition coefficient (Wildman–Crippen LogP) is 3.69. The van der Waals surface area contributed by atoms with E-state index in [9.17, 15) is 9.59 Å². The highest BCUT2D eigenvalue weighted by Gasteiger charge is 2.12. The summed E-state index contributed by atoms with van der Waals surface area (Å²) in [6.07, 6.45) is 0. The number of benzene rings is 2. The second-order valence-corrected chi connectivity index (χ2v) is 5.24. The Hall–Kier alpha value is -3.02. The van der Waals surface area contributed by atoms with Gasteiger partial charge in [-0.05, 0) is 44.2 Å². The van der Waals surface area contributed by atoms with Crippen LogP contribution in [0.4, 0.5) is 11.4 Å². The molecule has 0 radical (unpaired) electrons. The molecular formula is C19H22N2O4. The van der Waals surface area contributed by atoms with Crippen LogP contribution in [0, 0.1) is 0 Å². The van der Waals surface area contributed by atoms with Crippen molar-refractivity contribution in [2.24, 2.45) is 0 Å². The van der Waals surface area contributed by atoms with E-state index in [-0.39, 0.29) is 11.8 Å². The number of amides is 2. The van der Waals surface area contributed by atoms with E-state index < -0.39 is 0 Å². The maximum absolute atomic E-state index is 12.6. The van der Waals surface area contributed by atoms with Crippen LogP contribution >= 0.6 is 0 Å². The SMILES string of the molecule is CCOc1ccc(OCC)c(NC(=O)c2cccc(NC(C)=O)c2)c1. The Morgan fingerprint density at radius 3 is 2.40 bits per heavy atom. The van der Waals surface area contributed by atoms with Gasteiger partial charge in [0.15, 0.2) is 0 Å². The summed E-state index contributed by atoms with van der Waals surface area (Å²) in [5.74, 6) is 0.716. The summed E-state index contributed by atoms with van der Waals surface area (Å²) in [5, 5.41) is 5.49. The van der Waals surface area contributed by atoms with Gasteiger partial charge in [-0.2, -0.15) is 0 Å². The van der Waals surface area contributed by atoms with Gasteiger partial charge in [-0.25, -0.2) is 0 Å². The molecule has 0 spiro atoms. The lowest BCUT2D eigenvalue weighted by Gasteiger charge is -2.14. The molecule has 0 aliphatic rings. The summed E-state index contributed by atoms with van der Waals surface area (Å²) in [7, 11) is 0. The van der Waals surface area contributed by atoms with Crippen LogP contribution in [0.25, 0.3) is 0 Å². The molecule has 0 saturated heterocycles. The molecule has 0 fully saturated rings. The van der Waals surface area contributed by atoms with Crippen molar-refractivity contribution in [1.29, 1.82) is 0 Å². The molecule has 0 unspecified atom stereocenters. The second kappa shape index (κ2) is 8.73. The van der Waals surface area contributed by atoms with E-state index in [1.807, 2.05) is 13.8 Å². The van der Waals surface area contributed by atoms with Gasteiger partial charge in [0, 0.05) is 24.2 Å². The zero-order chi connectivity index (χ0) is 18.2. The van der Waals surface area contributed by atoms with Crippen molar-refractivity contribution in [3.63, 3.8) is 0 Å². The molecule has 132 valence electrons. The molecule has 0 bridgehead atoms. The summed E-state index contributed by atoms with van der Waals surface area (Å²) in [6.45, 7) is 6.19. The third kappa shape index (κ3) is 5.24. The van der Waals surface area contributed by atoms with E-state index in [4.69, 9.17) is 9.47 Å². The Morgan fingerprint density at radius 2 is 1.72 bits per heavy atom. The molecule has 0 aliphatic heterocycles. The van der Waals surface area contributed by atoms with Gasteiger partial charge in [0.05, 0.1) is 18.9 Å². The minimum atomic E-state index is -0.304. The Kier molecular flexibility index (Phi) is 6.39. The Morgan fingerprint density at radius 1 is 0.960 bits per heavy atom. The Labute approximate surface area is 147 Å². The van der Waals surface area contributed by atoms with Crippen molar-refractivity contribution < 1.29 is 19.1 Å². The third-order valence-electron chi connectivity index (χ3n) is 3.26. The average Bonchev–Trinajstić information content (AvgIpc) is 2.57. The van der Waals surface area contributed by atoms with Gasteiger partial charge >= 0.3 is 0 Å². The summed E-state index contributed by atoms with van der Waals surface area (Å²) in [6, 6.07) is 12.0. The molecular weight excluding hydrogens is 320 g/mol. The summed E-state index contributed by atoms with van der Waals surface area (Å²) < 4.78 is 11.0. The van der Waals surface area contributed by atoms with Crippen molar-refractivity contribution >= 4 is 23.2 Å². The number of anilines is 2. The fraction of sp³-hybridized carbons (Fsp3) is 0.263. The van der Waals surface area contributed by atoms with E-state index in [0.717, 1.165) is 0 Å². The van der Waals surface area contributed by atoms with Crippen molar-refractivity contribution in [2.75, 3.05) is 23.8 Å². The molecule has 2 rings (SSSR count). The van der Waals surface area contributed by atoms with Crippen molar-refractivity contribution in [1.82, 2.24) is 0 Å². The van der Waals surface area contributed by atoms with Crippen molar-refractivity contribution in [3.05, 3.63) is 48.0 Å². The highest BCUT2D eigenvalue weighted by Crippen LogP contribution is 2.30. The van der Waals surface area contributed by atoms with Gasteiger partial charge in [0.1, 0.15) is 11.5 Å². The number of carbonyl (C=O) groups excluding carboxylic acids is 2. The third-order valence-corrected chi connectivity index (χ3v) is 3.26. The molecule has 25 heavy (non-hydrogen) atoms. The first-order valence-corrected chi connectivity index (χ1v) is 8.12. The molecule has 2 aromatic carbocycles. The minimum absolute atomic E-state index is 0.194. The maximum Gasteiger partial charge on any atom is 0.255 e. The number of carbonyl (C=O) groups is 2. The molecule has 0 aromatic heterocycles. The largest absolute Gasteiger partial charge is 0.494 e. The molecule has 2 amide bonds. The number of hydrogen-bond donors (Lipinski definition) is 2. The van der Waals surface area contributed by atoms with Crippen molar-refractivity contribution in [2.45, 2.75) is 20.8 Å². The van der Waals surface area contributed by atoms with Gasteiger partial charge < -0.3 is 20.1 Å². The van der Waals surface area contributed by atoms with Crippen LogP contribution in [0.5, 0.6) is 11.5 Å². The summed E-state index contributed by atoms with van der Waals surface area (Å²) >= 11 is 0. The maximum atomic E-state index is 12.6. The van der Waals surface area contributed by atoms with E-state index in [0.29, 0.717) is 41.7 Å². The standard InChI is InChI=1S/C19H22N2O4/c1-4-24-16-9-10-18(25-5-2)17(12-16)21-19(23)14-7-6-8-15(11-14)20-13(3)22/h6-12H,4-5H2,1-3H3,(H,20,22)(H,21,23). The van der Waals surface area contributed by atoms with E-state index >= 15 is 0 Å². The number of hydrogen-bond acceptors (Lipinski definition) is 4. The number of nitrogens with one attached hydrogen (secondary N) is 2. The summed E-state index contributed by atoms with van der Waals surface area (Å²) in [4.78, 5) is 23.7. The molecule has 0 saturated carbocycles. The summed E-state index contributed by atoms with van der Waals surface area (Å²) in [5.41, 5.74) is 1.52. The lowest BCUT2D eigenvalue weighted by atomic mass is 10.1. The van der Waals surface area contributed by atoms with Gasteiger partial charge in [-0.15, -0.1) is 0 Å². The molecule has 0 aliphatic carbocycles. The topological polar surface area (TPSA) is 76.7 Å². The van der Waals surface area contributed by atoms with Crippen LogP contribution in [0.1, 0.15) is 31.1 Å². The molecule has 6 heteroatoms. The molecule has 2 aromatic rings. The normalized spacial score (nSPS) is 10.0. The zero-order valence-electron chi connectivity index (χ0n) is 14.6.